The lowest BCUT2D eigenvalue weighted by Gasteiger charge is -2.18. The molecule has 0 saturated carbocycles. The third kappa shape index (κ3) is 6.67. The van der Waals surface area contributed by atoms with Gasteiger partial charge in [0.25, 0.3) is 0 Å². The van der Waals surface area contributed by atoms with E-state index in [9.17, 15) is 9.36 Å². The van der Waals surface area contributed by atoms with Gasteiger partial charge in [-0.15, -0.1) is 0 Å². The molecule has 0 unspecified atom stereocenters. The van der Waals surface area contributed by atoms with Crippen molar-refractivity contribution in [1.29, 1.82) is 0 Å². The van der Waals surface area contributed by atoms with E-state index in [0.29, 0.717) is 5.02 Å². The minimum absolute atomic E-state index is 0.113. The maximum atomic E-state index is 12.5. The summed E-state index contributed by atoms with van der Waals surface area (Å²) in [5.41, 5.74) is 0.991. The van der Waals surface area contributed by atoms with E-state index in [2.05, 4.69) is 0 Å². The maximum Gasteiger partial charge on any atom is 0.367 e. The molecule has 27 heavy (non-hydrogen) atoms. The quantitative estimate of drug-likeness (QED) is 0.389. The molecule has 0 saturated heterocycles. The van der Waals surface area contributed by atoms with Crippen molar-refractivity contribution in [2.24, 2.45) is 0 Å². The average molecular weight is 413 g/mol. The summed E-state index contributed by atoms with van der Waals surface area (Å²) in [5, 5.41) is 0.354. The van der Waals surface area contributed by atoms with Crippen LogP contribution in [0.15, 0.2) is 48.5 Å². The lowest BCUT2D eigenvalue weighted by Crippen LogP contribution is -2.11. The number of rotatable bonds is 10. The zero-order chi connectivity index (χ0) is 19.7. The molecule has 0 N–H and O–H groups in total. The van der Waals surface area contributed by atoms with Crippen molar-refractivity contribution in [2.75, 3.05) is 19.6 Å². The van der Waals surface area contributed by atoms with Crippen molar-refractivity contribution in [1.82, 2.24) is 0 Å². The average Bonchev–Trinajstić information content (AvgIpc) is 2.66. The molecule has 0 fully saturated rings. The minimum Gasteiger partial charge on any atom is -0.480 e. The van der Waals surface area contributed by atoms with Gasteiger partial charge in [-0.25, -0.2) is 4.79 Å². The number of benzene rings is 2. The van der Waals surface area contributed by atoms with Crippen molar-refractivity contribution >= 4 is 25.2 Å². The number of carbonyl (C=O) groups excluding carboxylic acids is 1. The van der Waals surface area contributed by atoms with Crippen molar-refractivity contribution < 1.29 is 27.9 Å². The van der Waals surface area contributed by atoms with Crippen LogP contribution >= 0.6 is 19.2 Å². The second-order valence-electron chi connectivity index (χ2n) is 5.42. The van der Waals surface area contributed by atoms with E-state index < -0.39 is 13.6 Å². The largest absolute Gasteiger partial charge is 0.480 e. The number of ether oxygens (including phenoxy) is 2. The molecule has 0 atom stereocenters. The summed E-state index contributed by atoms with van der Waals surface area (Å²) in [6, 6.07) is 13.8. The van der Waals surface area contributed by atoms with E-state index in [4.69, 9.17) is 30.1 Å². The van der Waals surface area contributed by atoms with Gasteiger partial charge < -0.3 is 18.5 Å². The second kappa shape index (κ2) is 10.5. The summed E-state index contributed by atoms with van der Waals surface area (Å²) in [4.78, 5) is 12.5. The van der Waals surface area contributed by atoms with Crippen LogP contribution in [0.1, 0.15) is 29.8 Å². The fraction of sp³-hybridized carbons (Fsp3) is 0.316. The van der Waals surface area contributed by atoms with Crippen LogP contribution in [0, 0.1) is 0 Å². The fourth-order valence-electron chi connectivity index (χ4n) is 2.24. The predicted molar refractivity (Wildman–Crippen MR) is 103 cm³/mol. The number of carbonyl (C=O) groups is 1. The highest BCUT2D eigenvalue weighted by atomic mass is 35.5. The Kier molecular flexibility index (Phi) is 8.32. The van der Waals surface area contributed by atoms with Gasteiger partial charge in [0.15, 0.2) is 6.35 Å². The first-order valence-electron chi connectivity index (χ1n) is 8.49. The van der Waals surface area contributed by atoms with Gasteiger partial charge in [0.05, 0.1) is 13.2 Å². The highest BCUT2D eigenvalue weighted by molar-refractivity contribution is 7.53. The third-order valence-electron chi connectivity index (χ3n) is 3.40. The summed E-state index contributed by atoms with van der Waals surface area (Å²) in [5.74, 6) is -0.406. The zero-order valence-electron chi connectivity index (χ0n) is 15.2. The Morgan fingerprint density at radius 3 is 2.33 bits per heavy atom. The molecule has 0 bridgehead atoms. The molecule has 2 aromatic rings. The highest BCUT2D eigenvalue weighted by Crippen LogP contribution is 2.48. The van der Waals surface area contributed by atoms with Gasteiger partial charge in [0.2, 0.25) is 0 Å². The van der Waals surface area contributed by atoms with E-state index in [1.54, 1.807) is 19.9 Å². The molecule has 0 aliphatic rings. The molecule has 0 spiro atoms. The van der Waals surface area contributed by atoms with Gasteiger partial charge >= 0.3 is 13.6 Å². The SMILES string of the molecule is CCOP(=O)(COc1ccc(Cl)cc1C(=O)OCc1ccccc1)OCC. The van der Waals surface area contributed by atoms with Crippen molar-refractivity contribution in [3.05, 3.63) is 64.7 Å². The van der Waals surface area contributed by atoms with Gasteiger partial charge in [0, 0.05) is 5.02 Å². The molecule has 0 aliphatic heterocycles. The summed E-state index contributed by atoms with van der Waals surface area (Å²) in [6.07, 6.45) is -0.324. The summed E-state index contributed by atoms with van der Waals surface area (Å²) < 4.78 is 33.8. The monoisotopic (exact) mass is 412 g/mol. The molecule has 8 heteroatoms. The van der Waals surface area contributed by atoms with E-state index in [-0.39, 0.29) is 37.5 Å². The Balaban J connectivity index is 2.11. The van der Waals surface area contributed by atoms with E-state index in [1.807, 2.05) is 30.3 Å². The molecular weight excluding hydrogens is 391 g/mol. The Morgan fingerprint density at radius 2 is 1.70 bits per heavy atom. The summed E-state index contributed by atoms with van der Waals surface area (Å²) >= 11 is 6.00. The highest BCUT2D eigenvalue weighted by Gasteiger charge is 2.26. The van der Waals surface area contributed by atoms with Crippen LogP contribution in [0.2, 0.25) is 5.02 Å². The third-order valence-corrected chi connectivity index (χ3v) is 5.39. The van der Waals surface area contributed by atoms with Gasteiger partial charge in [-0.2, -0.15) is 0 Å². The molecular formula is C19H22ClO6P. The van der Waals surface area contributed by atoms with Crippen LogP contribution in [0.25, 0.3) is 0 Å². The first kappa shape index (κ1) is 21.5. The Labute approximate surface area is 163 Å². The molecule has 0 aromatic heterocycles. The second-order valence-corrected chi connectivity index (χ2v) is 7.85. The summed E-state index contributed by atoms with van der Waals surface area (Å²) in [6.45, 7) is 3.96. The lowest BCUT2D eigenvalue weighted by atomic mass is 10.2. The standard InChI is InChI=1S/C19H22ClO6P/c1-3-25-27(22,26-4-2)14-24-18-11-10-16(20)12-17(18)19(21)23-13-15-8-6-5-7-9-15/h5-12H,3-4,13-14H2,1-2H3. The van der Waals surface area contributed by atoms with Gasteiger partial charge in [-0.05, 0) is 37.6 Å². The number of halogens is 1. The van der Waals surface area contributed by atoms with Crippen LogP contribution in [-0.2, 0) is 25.0 Å². The van der Waals surface area contributed by atoms with Gasteiger partial charge in [0.1, 0.15) is 17.9 Å². The van der Waals surface area contributed by atoms with Crippen molar-refractivity contribution in [3.63, 3.8) is 0 Å². The topological polar surface area (TPSA) is 71.1 Å². The first-order valence-corrected chi connectivity index (χ1v) is 10.6. The van der Waals surface area contributed by atoms with E-state index in [0.717, 1.165) is 5.56 Å². The molecule has 6 nitrogen and oxygen atoms in total. The van der Waals surface area contributed by atoms with E-state index >= 15 is 0 Å². The fourth-order valence-corrected chi connectivity index (χ4v) is 3.72. The van der Waals surface area contributed by atoms with Crippen LogP contribution in [0.5, 0.6) is 5.75 Å². The van der Waals surface area contributed by atoms with Crippen molar-refractivity contribution in [3.8, 4) is 5.75 Å². The minimum atomic E-state index is -3.42. The Morgan fingerprint density at radius 1 is 1.04 bits per heavy atom. The number of esters is 1. The molecule has 2 rings (SSSR count). The summed E-state index contributed by atoms with van der Waals surface area (Å²) in [7, 11) is -3.42. The van der Waals surface area contributed by atoms with Crippen LogP contribution in [0.3, 0.4) is 0 Å². The van der Waals surface area contributed by atoms with Crippen molar-refractivity contribution in [2.45, 2.75) is 20.5 Å². The number of hydrogen-bond donors (Lipinski definition) is 0. The van der Waals surface area contributed by atoms with Gasteiger partial charge in [-0.1, -0.05) is 41.9 Å². The molecule has 0 amide bonds. The molecule has 2 aromatic carbocycles. The number of hydrogen-bond acceptors (Lipinski definition) is 6. The smallest absolute Gasteiger partial charge is 0.367 e. The molecule has 146 valence electrons. The first-order chi connectivity index (χ1) is 13.0. The van der Waals surface area contributed by atoms with Crippen LogP contribution in [0.4, 0.5) is 0 Å². The predicted octanol–water partition coefficient (Wildman–Crippen LogP) is 5.30. The Bertz CT molecular complexity index is 786. The molecule has 0 radical (unpaired) electrons. The zero-order valence-corrected chi connectivity index (χ0v) is 16.9. The maximum absolute atomic E-state index is 12.5. The normalized spacial score (nSPS) is 11.2. The van der Waals surface area contributed by atoms with Gasteiger partial charge in [-0.3, -0.25) is 4.57 Å². The lowest BCUT2D eigenvalue weighted by molar-refractivity contribution is 0.0468. The van der Waals surface area contributed by atoms with Crippen LogP contribution in [-0.4, -0.2) is 25.5 Å². The Hall–Kier alpha value is -1.85. The van der Waals surface area contributed by atoms with E-state index in [1.165, 1.54) is 12.1 Å². The molecule has 0 aliphatic carbocycles. The molecule has 0 heterocycles. The van der Waals surface area contributed by atoms with Crippen LogP contribution < -0.4 is 4.74 Å².